The SMILES string of the molecule is CN(C)c1nc(N/N=C/c2cc(Br)c(O)c(Br)c2O)nc(Nc2ccc(F)cc2)n1. The first-order valence-corrected chi connectivity index (χ1v) is 9.98. The highest BCUT2D eigenvalue weighted by molar-refractivity contribution is 9.11. The van der Waals surface area contributed by atoms with E-state index in [-0.39, 0.29) is 33.7 Å². The molecule has 12 heteroatoms. The first-order chi connectivity index (χ1) is 14.2. The summed E-state index contributed by atoms with van der Waals surface area (Å²) in [6, 6.07) is 7.26. The Morgan fingerprint density at radius 2 is 1.70 bits per heavy atom. The van der Waals surface area contributed by atoms with Gasteiger partial charge in [0.2, 0.25) is 17.8 Å². The summed E-state index contributed by atoms with van der Waals surface area (Å²) in [6.07, 6.45) is 1.34. The first kappa shape index (κ1) is 21.7. The van der Waals surface area contributed by atoms with Crippen LogP contribution in [0.1, 0.15) is 5.56 Å². The lowest BCUT2D eigenvalue weighted by atomic mass is 10.2. The zero-order valence-electron chi connectivity index (χ0n) is 15.7. The number of phenolic OH excluding ortho intramolecular Hbond substituents is 2. The van der Waals surface area contributed by atoms with Crippen molar-refractivity contribution < 1.29 is 14.6 Å². The van der Waals surface area contributed by atoms with Crippen molar-refractivity contribution in [2.75, 3.05) is 29.7 Å². The lowest BCUT2D eigenvalue weighted by Crippen LogP contribution is -2.15. The number of anilines is 4. The maximum Gasteiger partial charge on any atom is 0.250 e. The molecule has 0 saturated carbocycles. The number of aromatic nitrogens is 3. The van der Waals surface area contributed by atoms with Crippen molar-refractivity contribution in [1.29, 1.82) is 0 Å². The van der Waals surface area contributed by atoms with Crippen molar-refractivity contribution in [3.05, 3.63) is 50.7 Å². The second-order valence-corrected chi connectivity index (χ2v) is 7.79. The van der Waals surface area contributed by atoms with Crippen LogP contribution in [0.4, 0.5) is 27.9 Å². The van der Waals surface area contributed by atoms with Crippen LogP contribution in [0.5, 0.6) is 11.5 Å². The Balaban J connectivity index is 1.84. The van der Waals surface area contributed by atoms with Gasteiger partial charge < -0.3 is 20.4 Å². The van der Waals surface area contributed by atoms with Crippen molar-refractivity contribution in [3.63, 3.8) is 0 Å². The Morgan fingerprint density at radius 1 is 1.03 bits per heavy atom. The molecule has 0 fully saturated rings. The van der Waals surface area contributed by atoms with Crippen LogP contribution in [0.3, 0.4) is 0 Å². The number of nitrogens with one attached hydrogen (secondary N) is 2. The number of benzene rings is 2. The summed E-state index contributed by atoms with van der Waals surface area (Å²) in [5.41, 5.74) is 3.62. The van der Waals surface area contributed by atoms with Crippen molar-refractivity contribution in [3.8, 4) is 11.5 Å². The fraction of sp³-hybridized carbons (Fsp3) is 0.111. The first-order valence-electron chi connectivity index (χ1n) is 8.39. The standard InChI is InChI=1S/C18H16Br2FN7O2/c1-28(2)18-25-16(23-11-5-3-10(21)4-6-11)24-17(26-18)27-22-8-9-7-12(19)15(30)13(20)14(9)29/h3-8,29-30H,1-2H3,(H2,23,24,25,26,27)/b22-8+. The van der Waals surface area contributed by atoms with Crippen molar-refractivity contribution >= 4 is 61.6 Å². The van der Waals surface area contributed by atoms with Gasteiger partial charge in [-0.25, -0.2) is 9.82 Å². The molecular formula is C18H16Br2FN7O2. The largest absolute Gasteiger partial charge is 0.506 e. The van der Waals surface area contributed by atoms with Gasteiger partial charge >= 0.3 is 0 Å². The Kier molecular flexibility index (Phi) is 6.67. The highest BCUT2D eigenvalue weighted by Crippen LogP contribution is 2.40. The molecule has 0 spiro atoms. The molecule has 0 unspecified atom stereocenters. The van der Waals surface area contributed by atoms with Gasteiger partial charge in [0.1, 0.15) is 21.8 Å². The van der Waals surface area contributed by atoms with Crippen LogP contribution in [0, 0.1) is 5.82 Å². The predicted octanol–water partition coefficient (Wildman–Crippen LogP) is 4.20. The molecule has 0 saturated heterocycles. The van der Waals surface area contributed by atoms with Gasteiger partial charge in [-0.05, 0) is 62.2 Å². The summed E-state index contributed by atoms with van der Waals surface area (Å²) >= 11 is 6.30. The van der Waals surface area contributed by atoms with E-state index >= 15 is 0 Å². The molecule has 0 aliphatic rings. The van der Waals surface area contributed by atoms with Crippen LogP contribution in [0.25, 0.3) is 0 Å². The average molecular weight is 541 g/mol. The molecule has 0 aliphatic heterocycles. The Labute approximate surface area is 188 Å². The zero-order valence-corrected chi connectivity index (χ0v) is 18.9. The number of hydrazone groups is 1. The van der Waals surface area contributed by atoms with Crippen LogP contribution in [-0.4, -0.2) is 45.5 Å². The second kappa shape index (κ2) is 9.22. The quantitative estimate of drug-likeness (QED) is 0.271. The van der Waals surface area contributed by atoms with E-state index in [4.69, 9.17) is 0 Å². The topological polar surface area (TPSA) is 119 Å². The van der Waals surface area contributed by atoms with Crippen LogP contribution in [0.15, 0.2) is 44.4 Å². The van der Waals surface area contributed by atoms with Gasteiger partial charge in [-0.15, -0.1) is 0 Å². The maximum absolute atomic E-state index is 13.1. The highest BCUT2D eigenvalue weighted by atomic mass is 79.9. The van der Waals surface area contributed by atoms with Crippen LogP contribution >= 0.6 is 31.9 Å². The van der Waals surface area contributed by atoms with E-state index in [1.165, 1.54) is 24.4 Å². The molecule has 0 aliphatic carbocycles. The fourth-order valence-corrected chi connectivity index (χ4v) is 3.36. The van der Waals surface area contributed by atoms with Gasteiger partial charge in [-0.1, -0.05) is 0 Å². The van der Waals surface area contributed by atoms with Crippen molar-refractivity contribution in [1.82, 2.24) is 15.0 Å². The lowest BCUT2D eigenvalue weighted by Gasteiger charge is -2.13. The van der Waals surface area contributed by atoms with E-state index in [1.54, 1.807) is 31.1 Å². The Morgan fingerprint density at radius 3 is 2.37 bits per heavy atom. The summed E-state index contributed by atoms with van der Waals surface area (Å²) in [6.45, 7) is 0. The van der Waals surface area contributed by atoms with Crippen LogP contribution in [-0.2, 0) is 0 Å². The van der Waals surface area contributed by atoms with Crippen LogP contribution in [0.2, 0.25) is 0 Å². The molecule has 1 heterocycles. The molecule has 0 radical (unpaired) electrons. The number of hydrogen-bond acceptors (Lipinski definition) is 9. The van der Waals surface area contributed by atoms with Gasteiger partial charge in [0.15, 0.2) is 0 Å². The smallest absolute Gasteiger partial charge is 0.250 e. The van der Waals surface area contributed by atoms with E-state index < -0.39 is 0 Å². The molecule has 3 rings (SSSR count). The fourth-order valence-electron chi connectivity index (χ4n) is 2.21. The molecule has 2 aromatic carbocycles. The van der Waals surface area contributed by atoms with E-state index in [9.17, 15) is 14.6 Å². The molecule has 3 aromatic rings. The highest BCUT2D eigenvalue weighted by Gasteiger charge is 2.13. The van der Waals surface area contributed by atoms with Gasteiger partial charge in [-0.2, -0.15) is 20.1 Å². The number of rotatable bonds is 6. The molecule has 0 bridgehead atoms. The normalized spacial score (nSPS) is 11.0. The zero-order chi connectivity index (χ0) is 21.8. The Hall–Kier alpha value is -2.99. The average Bonchev–Trinajstić information content (AvgIpc) is 2.71. The number of nitrogens with zero attached hydrogens (tertiary/aromatic N) is 5. The minimum Gasteiger partial charge on any atom is -0.506 e. The summed E-state index contributed by atoms with van der Waals surface area (Å²) in [7, 11) is 3.54. The Bertz CT molecular complexity index is 1090. The van der Waals surface area contributed by atoms with E-state index in [2.05, 4.69) is 62.7 Å². The van der Waals surface area contributed by atoms with Gasteiger partial charge in [-0.3, -0.25) is 0 Å². The van der Waals surface area contributed by atoms with Crippen LogP contribution < -0.4 is 15.6 Å². The number of aromatic hydroxyl groups is 2. The number of hydrogen-bond donors (Lipinski definition) is 4. The monoisotopic (exact) mass is 539 g/mol. The molecule has 1 aromatic heterocycles. The minimum atomic E-state index is -0.349. The third-order valence-corrected chi connectivity index (χ3v) is 5.05. The number of halogens is 3. The molecule has 4 N–H and O–H groups in total. The van der Waals surface area contributed by atoms with Crippen molar-refractivity contribution in [2.45, 2.75) is 0 Å². The molecule has 0 atom stereocenters. The minimum absolute atomic E-state index is 0.123. The van der Waals surface area contributed by atoms with E-state index in [0.717, 1.165) is 0 Å². The molecule has 9 nitrogen and oxygen atoms in total. The molecule has 0 amide bonds. The summed E-state index contributed by atoms with van der Waals surface area (Å²) in [5.74, 6) is 0.0941. The van der Waals surface area contributed by atoms with Gasteiger partial charge in [0, 0.05) is 25.3 Å². The second-order valence-electron chi connectivity index (χ2n) is 6.14. The third-order valence-electron chi connectivity index (χ3n) is 3.69. The molecular weight excluding hydrogens is 525 g/mol. The molecule has 30 heavy (non-hydrogen) atoms. The maximum atomic E-state index is 13.1. The third kappa shape index (κ3) is 5.13. The summed E-state index contributed by atoms with van der Waals surface area (Å²) in [4.78, 5) is 14.5. The number of phenols is 2. The molecule has 156 valence electrons. The van der Waals surface area contributed by atoms with E-state index in [1.807, 2.05) is 0 Å². The predicted molar refractivity (Wildman–Crippen MR) is 120 cm³/mol. The van der Waals surface area contributed by atoms with Gasteiger partial charge in [0.05, 0.1) is 10.7 Å². The summed E-state index contributed by atoms with van der Waals surface area (Å²) in [5, 5.41) is 26.9. The summed E-state index contributed by atoms with van der Waals surface area (Å²) < 4.78 is 13.6. The van der Waals surface area contributed by atoms with E-state index in [0.29, 0.717) is 21.7 Å². The van der Waals surface area contributed by atoms with Gasteiger partial charge in [0.25, 0.3) is 0 Å². The van der Waals surface area contributed by atoms with Crippen molar-refractivity contribution in [2.24, 2.45) is 5.10 Å². The lowest BCUT2D eigenvalue weighted by molar-refractivity contribution is 0.442.